The van der Waals surface area contributed by atoms with E-state index in [1.54, 1.807) is 53.4 Å². The summed E-state index contributed by atoms with van der Waals surface area (Å²) < 4.78 is 0. The fraction of sp³-hybridized carbons (Fsp3) is 0.111. The molecule has 0 spiro atoms. The fourth-order valence-corrected chi connectivity index (χ4v) is 3.62. The van der Waals surface area contributed by atoms with Crippen LogP contribution in [0, 0.1) is 0 Å². The number of hydroxylamine groups is 1. The molecule has 0 unspecified atom stereocenters. The molecule has 0 aliphatic rings. The Balaban J connectivity index is 1.48. The lowest BCUT2D eigenvalue weighted by Gasteiger charge is -2.22. The Kier molecular flexibility index (Phi) is 7.84. The van der Waals surface area contributed by atoms with E-state index in [-0.39, 0.29) is 6.54 Å². The maximum atomic E-state index is 13.1. The summed E-state index contributed by atoms with van der Waals surface area (Å²) in [5.74, 6) is -0.362. The molecule has 4 rings (SSSR count). The number of imidazole rings is 1. The van der Waals surface area contributed by atoms with Crippen LogP contribution in [0.4, 0.5) is 4.79 Å². The first-order valence-corrected chi connectivity index (χ1v) is 11.3. The van der Waals surface area contributed by atoms with Gasteiger partial charge in [0.05, 0.1) is 11.0 Å². The maximum Gasteiger partial charge on any atom is 0.324 e. The molecule has 36 heavy (non-hydrogen) atoms. The molecular formula is C27H25N5O4. The van der Waals surface area contributed by atoms with Crippen molar-refractivity contribution in [3.05, 3.63) is 107 Å². The lowest BCUT2D eigenvalue weighted by atomic mass is 10.1. The molecule has 0 aliphatic carbocycles. The fourth-order valence-electron chi connectivity index (χ4n) is 3.62. The van der Waals surface area contributed by atoms with Gasteiger partial charge in [-0.2, -0.15) is 0 Å². The molecule has 0 fully saturated rings. The minimum Gasteiger partial charge on any atom is -0.342 e. The number of aromatic amines is 1. The van der Waals surface area contributed by atoms with Gasteiger partial charge in [0.15, 0.2) is 0 Å². The summed E-state index contributed by atoms with van der Waals surface area (Å²) in [6.07, 6.45) is 3.23. The van der Waals surface area contributed by atoms with Gasteiger partial charge in [0.1, 0.15) is 5.82 Å². The number of carbonyl (C=O) groups excluding carboxylic acids is 3. The third-order valence-electron chi connectivity index (χ3n) is 5.49. The van der Waals surface area contributed by atoms with E-state index in [9.17, 15) is 14.4 Å². The number of benzene rings is 3. The highest BCUT2D eigenvalue weighted by atomic mass is 16.5. The number of nitrogens with one attached hydrogen (secondary N) is 3. The molecule has 9 nitrogen and oxygen atoms in total. The van der Waals surface area contributed by atoms with Crippen LogP contribution in [-0.4, -0.2) is 44.5 Å². The van der Waals surface area contributed by atoms with Gasteiger partial charge in [-0.3, -0.25) is 20.1 Å². The molecule has 9 heteroatoms. The summed E-state index contributed by atoms with van der Waals surface area (Å²) in [5, 5.41) is 11.1. The molecule has 4 aromatic rings. The number of rotatable bonds is 8. The molecule has 4 N–H and O–H groups in total. The summed E-state index contributed by atoms with van der Waals surface area (Å²) in [5.41, 5.74) is 5.29. The number of H-pyrrole nitrogens is 1. The Morgan fingerprint density at radius 1 is 0.944 bits per heavy atom. The van der Waals surface area contributed by atoms with Crippen LogP contribution in [0.1, 0.15) is 27.3 Å². The van der Waals surface area contributed by atoms with Crippen LogP contribution in [0.3, 0.4) is 0 Å². The van der Waals surface area contributed by atoms with Gasteiger partial charge >= 0.3 is 6.03 Å². The molecule has 4 amide bonds. The highest BCUT2D eigenvalue weighted by molar-refractivity contribution is 6.04. The predicted molar refractivity (Wildman–Crippen MR) is 135 cm³/mol. The number of hydrogen-bond acceptors (Lipinski definition) is 5. The molecule has 182 valence electrons. The van der Waals surface area contributed by atoms with Gasteiger partial charge in [-0.1, -0.05) is 54.6 Å². The molecule has 0 saturated carbocycles. The van der Waals surface area contributed by atoms with E-state index in [2.05, 4.69) is 15.3 Å². The number of para-hydroxylation sites is 2. The predicted octanol–water partition coefficient (Wildman–Crippen LogP) is 3.68. The summed E-state index contributed by atoms with van der Waals surface area (Å²) in [6, 6.07) is 23.0. The number of urea groups is 1. The van der Waals surface area contributed by atoms with Crippen molar-refractivity contribution in [1.29, 1.82) is 0 Å². The van der Waals surface area contributed by atoms with Gasteiger partial charge in [0.25, 0.3) is 11.8 Å². The van der Waals surface area contributed by atoms with Gasteiger partial charge in [-0.05, 0) is 41.5 Å². The molecule has 0 bridgehead atoms. The Bertz CT molecular complexity index is 1350. The quantitative estimate of drug-likeness (QED) is 0.173. The molecule has 0 atom stereocenters. The standard InChI is InChI=1S/C27H25N5O4/c33-25(31-36)15-14-19-10-12-20(13-11-19)18-32(27(35)30-26(34)21-6-2-1-3-7-21)17-16-24-28-22-8-4-5-9-23(22)29-24/h1-15,36H,16-18H2,(H,28,29)(H,31,33)(H,30,34,35)/b15-14+. The monoisotopic (exact) mass is 483 g/mol. The zero-order chi connectivity index (χ0) is 25.3. The molecule has 1 heterocycles. The number of imide groups is 1. The maximum absolute atomic E-state index is 13.1. The number of carbonyl (C=O) groups is 3. The molecule has 0 radical (unpaired) electrons. The van der Waals surface area contributed by atoms with Crippen molar-refractivity contribution in [3.63, 3.8) is 0 Å². The molecular weight excluding hydrogens is 458 g/mol. The first-order valence-electron chi connectivity index (χ1n) is 11.3. The Hall–Kier alpha value is -4.76. The zero-order valence-electron chi connectivity index (χ0n) is 19.3. The van der Waals surface area contributed by atoms with Gasteiger partial charge < -0.3 is 9.88 Å². The minimum atomic E-state index is -0.629. The normalized spacial score (nSPS) is 10.9. The third-order valence-corrected chi connectivity index (χ3v) is 5.49. The second-order valence-corrected chi connectivity index (χ2v) is 8.05. The number of amides is 4. The molecule has 3 aromatic carbocycles. The summed E-state index contributed by atoms with van der Waals surface area (Å²) >= 11 is 0. The summed E-state index contributed by atoms with van der Waals surface area (Å²) in [6.45, 7) is 0.585. The number of hydrogen-bond donors (Lipinski definition) is 4. The van der Waals surface area contributed by atoms with Crippen LogP contribution in [0.15, 0.2) is 84.9 Å². The van der Waals surface area contributed by atoms with E-state index in [1.807, 2.05) is 36.4 Å². The molecule has 1 aromatic heterocycles. The highest BCUT2D eigenvalue weighted by Gasteiger charge is 2.18. The van der Waals surface area contributed by atoms with Crippen molar-refractivity contribution in [3.8, 4) is 0 Å². The van der Waals surface area contributed by atoms with E-state index in [0.717, 1.165) is 28.0 Å². The average Bonchev–Trinajstić information content (AvgIpc) is 3.33. The summed E-state index contributed by atoms with van der Waals surface area (Å²) in [4.78, 5) is 46.2. The second kappa shape index (κ2) is 11.6. The SMILES string of the molecule is O=C(/C=C/c1ccc(CN(CCc2nc3ccccc3[nH]2)C(=O)NC(=O)c2ccccc2)cc1)NO. The van der Waals surface area contributed by atoms with Crippen molar-refractivity contribution < 1.29 is 19.6 Å². The lowest BCUT2D eigenvalue weighted by molar-refractivity contribution is -0.124. The van der Waals surface area contributed by atoms with E-state index < -0.39 is 17.8 Å². The van der Waals surface area contributed by atoms with E-state index >= 15 is 0 Å². The largest absolute Gasteiger partial charge is 0.342 e. The van der Waals surface area contributed by atoms with Crippen LogP contribution in [0.2, 0.25) is 0 Å². The highest BCUT2D eigenvalue weighted by Crippen LogP contribution is 2.13. The second-order valence-electron chi connectivity index (χ2n) is 8.05. The number of fused-ring (bicyclic) bond motifs is 1. The first-order chi connectivity index (χ1) is 17.5. The number of nitrogens with zero attached hydrogens (tertiary/aromatic N) is 2. The van der Waals surface area contributed by atoms with Crippen molar-refractivity contribution in [2.24, 2.45) is 0 Å². The van der Waals surface area contributed by atoms with Crippen LogP contribution in [0.5, 0.6) is 0 Å². The Labute approximate surface area is 207 Å². The van der Waals surface area contributed by atoms with E-state index in [0.29, 0.717) is 18.5 Å². The topological polar surface area (TPSA) is 127 Å². The lowest BCUT2D eigenvalue weighted by Crippen LogP contribution is -2.43. The van der Waals surface area contributed by atoms with Crippen molar-refractivity contribution >= 4 is 35.0 Å². The Morgan fingerprint density at radius 2 is 1.67 bits per heavy atom. The summed E-state index contributed by atoms with van der Waals surface area (Å²) in [7, 11) is 0. The third kappa shape index (κ3) is 6.43. The van der Waals surface area contributed by atoms with Crippen molar-refractivity contribution in [1.82, 2.24) is 25.7 Å². The smallest absolute Gasteiger partial charge is 0.324 e. The van der Waals surface area contributed by atoms with Crippen molar-refractivity contribution in [2.45, 2.75) is 13.0 Å². The van der Waals surface area contributed by atoms with Crippen LogP contribution < -0.4 is 10.8 Å². The van der Waals surface area contributed by atoms with E-state index in [1.165, 1.54) is 11.6 Å². The van der Waals surface area contributed by atoms with Crippen LogP contribution in [0.25, 0.3) is 17.1 Å². The minimum absolute atomic E-state index is 0.259. The zero-order valence-corrected chi connectivity index (χ0v) is 19.3. The van der Waals surface area contributed by atoms with Crippen LogP contribution in [-0.2, 0) is 17.8 Å². The number of aromatic nitrogens is 2. The van der Waals surface area contributed by atoms with Crippen molar-refractivity contribution in [2.75, 3.05) is 6.54 Å². The van der Waals surface area contributed by atoms with Gasteiger partial charge in [-0.25, -0.2) is 15.3 Å². The van der Waals surface area contributed by atoms with Crippen LogP contribution >= 0.6 is 0 Å². The first kappa shape index (κ1) is 24.4. The Morgan fingerprint density at radius 3 is 2.39 bits per heavy atom. The van der Waals surface area contributed by atoms with Gasteiger partial charge in [-0.15, -0.1) is 0 Å². The van der Waals surface area contributed by atoms with Gasteiger partial charge in [0, 0.05) is 31.1 Å². The average molecular weight is 484 g/mol. The van der Waals surface area contributed by atoms with Gasteiger partial charge in [0.2, 0.25) is 0 Å². The molecule has 0 aliphatic heterocycles. The van der Waals surface area contributed by atoms with E-state index in [4.69, 9.17) is 5.21 Å². The molecule has 0 saturated heterocycles.